The second kappa shape index (κ2) is 4.82. The second-order valence-corrected chi connectivity index (χ2v) is 3.54. The fourth-order valence-corrected chi connectivity index (χ4v) is 1.47. The topological polar surface area (TPSA) is 39.4 Å². The van der Waals surface area contributed by atoms with Crippen molar-refractivity contribution in [2.75, 3.05) is 0 Å². The molecule has 0 aliphatic rings. The van der Waals surface area contributed by atoms with Gasteiger partial charge in [-0.25, -0.2) is 4.39 Å². The molecular weight excluding hydrogens is 223 g/mol. The molecule has 0 saturated heterocycles. The number of rotatable bonds is 4. The maximum atomic E-state index is 13.5. The number of para-hydroxylation sites is 1. The molecule has 3 nitrogen and oxygen atoms in total. The predicted molar refractivity (Wildman–Crippen MR) is 59.4 cm³/mol. The Morgan fingerprint density at radius 2 is 2.18 bits per heavy atom. The first-order valence-electron chi connectivity index (χ1n) is 5.13. The highest BCUT2D eigenvalue weighted by Crippen LogP contribution is 2.24. The molecule has 0 N–H and O–H groups in total. The number of furan rings is 1. The minimum Gasteiger partial charge on any atom is -0.482 e. The number of ketones is 1. The highest BCUT2D eigenvalue weighted by Gasteiger charge is 2.13. The lowest BCUT2D eigenvalue weighted by Gasteiger charge is -2.09. The molecule has 0 saturated carbocycles. The van der Waals surface area contributed by atoms with Crippen molar-refractivity contribution >= 4 is 5.78 Å². The van der Waals surface area contributed by atoms with Gasteiger partial charge in [-0.2, -0.15) is 0 Å². The molecule has 0 aliphatic carbocycles. The summed E-state index contributed by atoms with van der Waals surface area (Å²) in [6, 6.07) is 7.69. The van der Waals surface area contributed by atoms with Crippen molar-refractivity contribution in [3.8, 4) is 5.75 Å². The Bertz CT molecular complexity index is 517. The number of carbonyl (C=O) groups is 1. The fourth-order valence-electron chi connectivity index (χ4n) is 1.47. The molecule has 0 atom stereocenters. The van der Waals surface area contributed by atoms with Crippen LogP contribution in [0.2, 0.25) is 0 Å². The van der Waals surface area contributed by atoms with Gasteiger partial charge in [-0.1, -0.05) is 6.07 Å². The number of carbonyl (C=O) groups excluding carboxylic acids is 1. The van der Waals surface area contributed by atoms with E-state index in [4.69, 9.17) is 9.15 Å². The minimum atomic E-state index is -0.552. The van der Waals surface area contributed by atoms with Crippen LogP contribution in [0.5, 0.6) is 5.75 Å². The van der Waals surface area contributed by atoms with Crippen molar-refractivity contribution in [1.29, 1.82) is 0 Å². The fraction of sp³-hybridized carbons (Fsp3) is 0.154. The highest BCUT2D eigenvalue weighted by atomic mass is 19.1. The summed E-state index contributed by atoms with van der Waals surface area (Å²) in [6.07, 6.45) is 1.51. The maximum absolute atomic E-state index is 13.5. The predicted octanol–water partition coefficient (Wildman–Crippen LogP) is 3.20. The number of benzene rings is 1. The van der Waals surface area contributed by atoms with Crippen LogP contribution < -0.4 is 4.74 Å². The van der Waals surface area contributed by atoms with Gasteiger partial charge in [-0.3, -0.25) is 4.79 Å². The molecule has 2 rings (SSSR count). The van der Waals surface area contributed by atoms with E-state index in [1.807, 2.05) is 0 Å². The third-order valence-corrected chi connectivity index (χ3v) is 2.29. The van der Waals surface area contributed by atoms with Gasteiger partial charge in [0.2, 0.25) is 0 Å². The van der Waals surface area contributed by atoms with E-state index in [-0.39, 0.29) is 23.7 Å². The summed E-state index contributed by atoms with van der Waals surface area (Å²) in [6.45, 7) is 1.46. The zero-order chi connectivity index (χ0) is 12.3. The van der Waals surface area contributed by atoms with Crippen LogP contribution in [0.15, 0.2) is 41.0 Å². The van der Waals surface area contributed by atoms with Crippen LogP contribution in [0.25, 0.3) is 0 Å². The maximum Gasteiger partial charge on any atom is 0.166 e. The lowest BCUT2D eigenvalue weighted by Crippen LogP contribution is -2.03. The van der Waals surface area contributed by atoms with Crippen molar-refractivity contribution in [2.24, 2.45) is 0 Å². The zero-order valence-corrected chi connectivity index (χ0v) is 9.27. The van der Waals surface area contributed by atoms with E-state index in [0.717, 1.165) is 0 Å². The summed E-state index contributed by atoms with van der Waals surface area (Å²) < 4.78 is 23.9. The Kier molecular flexibility index (Phi) is 3.23. The monoisotopic (exact) mass is 234 g/mol. The normalized spacial score (nSPS) is 10.2. The molecule has 88 valence electrons. The van der Waals surface area contributed by atoms with E-state index in [1.165, 1.54) is 31.4 Å². The van der Waals surface area contributed by atoms with Crippen LogP contribution in [0.4, 0.5) is 4.39 Å². The van der Waals surface area contributed by atoms with Crippen LogP contribution in [0.1, 0.15) is 23.0 Å². The van der Waals surface area contributed by atoms with E-state index >= 15 is 0 Å². The van der Waals surface area contributed by atoms with E-state index in [9.17, 15) is 9.18 Å². The van der Waals surface area contributed by atoms with Crippen LogP contribution >= 0.6 is 0 Å². The van der Waals surface area contributed by atoms with Crippen LogP contribution in [0.3, 0.4) is 0 Å². The van der Waals surface area contributed by atoms with Gasteiger partial charge in [0, 0.05) is 0 Å². The van der Waals surface area contributed by atoms with Gasteiger partial charge in [0.15, 0.2) is 17.3 Å². The van der Waals surface area contributed by atoms with Crippen LogP contribution in [0, 0.1) is 5.82 Å². The van der Waals surface area contributed by atoms with Gasteiger partial charge in [0.25, 0.3) is 0 Å². The van der Waals surface area contributed by atoms with Gasteiger partial charge in [0.1, 0.15) is 12.4 Å². The first kappa shape index (κ1) is 11.4. The summed E-state index contributed by atoms with van der Waals surface area (Å²) in [7, 11) is 0. The average molecular weight is 234 g/mol. The summed E-state index contributed by atoms with van der Waals surface area (Å²) >= 11 is 0. The van der Waals surface area contributed by atoms with E-state index in [1.54, 1.807) is 12.1 Å². The zero-order valence-electron chi connectivity index (χ0n) is 9.27. The number of ether oxygens (including phenoxy) is 1. The first-order chi connectivity index (χ1) is 8.18. The molecule has 0 unspecified atom stereocenters. The molecule has 4 heteroatoms. The Labute approximate surface area is 97.8 Å². The first-order valence-corrected chi connectivity index (χ1v) is 5.13. The molecule has 0 radical (unpaired) electrons. The molecule has 0 aliphatic heterocycles. The van der Waals surface area contributed by atoms with Crippen molar-refractivity contribution < 1.29 is 18.3 Å². The number of Topliss-reactive ketones (excluding diaryl/α,β-unsaturated/α-hetero) is 1. The molecule has 0 amide bonds. The summed E-state index contributed by atoms with van der Waals surface area (Å²) in [5, 5.41) is 0. The Balaban J connectivity index is 2.22. The molecule has 1 aromatic heterocycles. The van der Waals surface area contributed by atoms with Crippen molar-refractivity contribution in [1.82, 2.24) is 0 Å². The summed E-state index contributed by atoms with van der Waals surface area (Å²) in [4.78, 5) is 11.3. The Morgan fingerprint density at radius 3 is 2.82 bits per heavy atom. The van der Waals surface area contributed by atoms with Gasteiger partial charge in [-0.05, 0) is 31.2 Å². The molecular formula is C13H11FO3. The Hall–Kier alpha value is -2.10. The Morgan fingerprint density at radius 1 is 1.35 bits per heavy atom. The molecule has 0 bridgehead atoms. The smallest absolute Gasteiger partial charge is 0.166 e. The molecule has 0 fully saturated rings. The summed E-state index contributed by atoms with van der Waals surface area (Å²) in [5.41, 5.74) is 0.233. The number of hydrogen-bond donors (Lipinski definition) is 0. The van der Waals surface area contributed by atoms with Gasteiger partial charge in [-0.15, -0.1) is 0 Å². The van der Waals surface area contributed by atoms with Crippen molar-refractivity contribution in [2.45, 2.75) is 13.5 Å². The van der Waals surface area contributed by atoms with Crippen molar-refractivity contribution in [3.05, 3.63) is 53.7 Å². The lowest BCUT2D eigenvalue weighted by molar-refractivity contribution is 0.101. The molecule has 1 aromatic carbocycles. The van der Waals surface area contributed by atoms with Crippen LogP contribution in [-0.2, 0) is 6.61 Å². The lowest BCUT2D eigenvalue weighted by atomic mass is 10.1. The van der Waals surface area contributed by atoms with E-state index in [0.29, 0.717) is 5.76 Å². The molecule has 2 aromatic rings. The van der Waals surface area contributed by atoms with E-state index < -0.39 is 5.82 Å². The van der Waals surface area contributed by atoms with Gasteiger partial charge < -0.3 is 9.15 Å². The number of hydrogen-bond acceptors (Lipinski definition) is 3. The average Bonchev–Trinajstić information content (AvgIpc) is 2.80. The minimum absolute atomic E-state index is 0.0311. The number of halogens is 1. The SMILES string of the molecule is CC(=O)c1cccc(F)c1OCc1ccco1. The summed E-state index contributed by atoms with van der Waals surface area (Å²) in [5.74, 6) is -0.248. The standard InChI is InChI=1S/C13H11FO3/c1-9(15)11-5-2-6-12(14)13(11)17-8-10-4-3-7-16-10/h2-7H,8H2,1H3. The molecule has 1 heterocycles. The second-order valence-electron chi connectivity index (χ2n) is 3.54. The third kappa shape index (κ3) is 2.53. The third-order valence-electron chi connectivity index (χ3n) is 2.29. The van der Waals surface area contributed by atoms with Gasteiger partial charge >= 0.3 is 0 Å². The molecule has 17 heavy (non-hydrogen) atoms. The molecule has 0 spiro atoms. The van der Waals surface area contributed by atoms with Crippen molar-refractivity contribution in [3.63, 3.8) is 0 Å². The highest BCUT2D eigenvalue weighted by molar-refractivity contribution is 5.96. The van der Waals surface area contributed by atoms with Gasteiger partial charge in [0.05, 0.1) is 11.8 Å². The van der Waals surface area contributed by atoms with E-state index in [2.05, 4.69) is 0 Å². The quantitative estimate of drug-likeness (QED) is 0.762. The largest absolute Gasteiger partial charge is 0.482 e. The van der Waals surface area contributed by atoms with Crippen LogP contribution in [-0.4, -0.2) is 5.78 Å².